The maximum atomic E-state index is 11.5. The minimum absolute atomic E-state index is 0.126. The highest BCUT2D eigenvalue weighted by atomic mass is 16.5. The molecule has 0 radical (unpaired) electrons. The molecule has 0 amide bonds. The van der Waals surface area contributed by atoms with Crippen molar-refractivity contribution in [2.24, 2.45) is 11.8 Å². The topological polar surface area (TPSA) is 46.5 Å². The Bertz CT molecular complexity index is 381. The Kier molecular flexibility index (Phi) is 3.91. The molecule has 18 heavy (non-hydrogen) atoms. The van der Waals surface area contributed by atoms with Gasteiger partial charge < -0.3 is 9.84 Å². The van der Waals surface area contributed by atoms with Crippen LogP contribution in [0.4, 0.5) is 0 Å². The second-order valence-electron chi connectivity index (χ2n) is 5.61. The first-order chi connectivity index (χ1) is 8.49. The summed E-state index contributed by atoms with van der Waals surface area (Å²) in [6, 6.07) is 0. The van der Waals surface area contributed by atoms with Crippen LogP contribution in [-0.2, 0) is 9.53 Å². The van der Waals surface area contributed by atoms with Crippen molar-refractivity contribution in [1.29, 1.82) is 0 Å². The Morgan fingerprint density at radius 2 is 2.28 bits per heavy atom. The molecule has 2 rings (SSSR count). The summed E-state index contributed by atoms with van der Waals surface area (Å²) in [4.78, 5) is 11.5. The molecule has 4 unspecified atom stereocenters. The Labute approximate surface area is 109 Å². The number of hydrogen-bond donors (Lipinski definition) is 1. The maximum Gasteiger partial charge on any atom is 0.334 e. The number of aliphatic hydroxyl groups excluding tert-OH is 1. The SMILES string of the molecule is C=C1C(=O)OC2C=C(CCC(C)O)C(C)CCC12. The van der Waals surface area contributed by atoms with Crippen LogP contribution >= 0.6 is 0 Å². The van der Waals surface area contributed by atoms with E-state index in [1.54, 1.807) is 0 Å². The average Bonchev–Trinajstić information content (AvgIpc) is 2.47. The van der Waals surface area contributed by atoms with Gasteiger partial charge in [-0.05, 0) is 44.6 Å². The fourth-order valence-electron chi connectivity index (χ4n) is 2.82. The molecule has 1 aliphatic carbocycles. The van der Waals surface area contributed by atoms with E-state index in [1.165, 1.54) is 5.57 Å². The third-order valence-electron chi connectivity index (χ3n) is 4.12. The highest BCUT2D eigenvalue weighted by molar-refractivity contribution is 5.91. The third-order valence-corrected chi connectivity index (χ3v) is 4.12. The van der Waals surface area contributed by atoms with Gasteiger partial charge in [-0.3, -0.25) is 0 Å². The molecule has 4 atom stereocenters. The van der Waals surface area contributed by atoms with Gasteiger partial charge in [-0.1, -0.05) is 19.1 Å². The van der Waals surface area contributed by atoms with Gasteiger partial charge in [-0.2, -0.15) is 0 Å². The van der Waals surface area contributed by atoms with E-state index in [4.69, 9.17) is 4.74 Å². The second kappa shape index (κ2) is 5.27. The fraction of sp³-hybridized carbons (Fsp3) is 0.667. The summed E-state index contributed by atoms with van der Waals surface area (Å²) < 4.78 is 5.37. The predicted octanol–water partition coefficient (Wildman–Crippen LogP) is 2.60. The first-order valence-electron chi connectivity index (χ1n) is 6.77. The van der Waals surface area contributed by atoms with E-state index in [1.807, 2.05) is 6.92 Å². The van der Waals surface area contributed by atoms with E-state index in [0.29, 0.717) is 11.5 Å². The lowest BCUT2D eigenvalue weighted by atomic mass is 9.91. The van der Waals surface area contributed by atoms with Gasteiger partial charge in [0.25, 0.3) is 0 Å². The van der Waals surface area contributed by atoms with Gasteiger partial charge in [0.15, 0.2) is 0 Å². The average molecular weight is 250 g/mol. The molecular weight excluding hydrogens is 228 g/mol. The van der Waals surface area contributed by atoms with Crippen molar-refractivity contribution in [2.75, 3.05) is 0 Å². The van der Waals surface area contributed by atoms with E-state index in [9.17, 15) is 9.90 Å². The van der Waals surface area contributed by atoms with E-state index >= 15 is 0 Å². The number of hydrogen-bond acceptors (Lipinski definition) is 3. The predicted molar refractivity (Wildman–Crippen MR) is 69.9 cm³/mol. The molecule has 1 saturated heterocycles. The summed E-state index contributed by atoms with van der Waals surface area (Å²) in [6.45, 7) is 7.86. The molecule has 0 aromatic heterocycles. The van der Waals surface area contributed by atoms with Crippen LogP contribution in [0.2, 0.25) is 0 Å². The van der Waals surface area contributed by atoms with Crippen molar-refractivity contribution >= 4 is 5.97 Å². The van der Waals surface area contributed by atoms with Crippen LogP contribution < -0.4 is 0 Å². The molecule has 1 heterocycles. The summed E-state index contributed by atoms with van der Waals surface area (Å²) in [5.74, 6) is 0.413. The molecule has 1 N–H and O–H groups in total. The summed E-state index contributed by atoms with van der Waals surface area (Å²) in [6.07, 6.45) is 5.36. The standard InChI is InChI=1S/C15H22O3/c1-9-4-7-13-11(3)15(17)18-14(13)8-12(9)6-5-10(2)16/h8-10,13-14,16H,3-7H2,1-2H3. The van der Waals surface area contributed by atoms with Crippen LogP contribution in [0.5, 0.6) is 0 Å². The van der Waals surface area contributed by atoms with Gasteiger partial charge in [0.1, 0.15) is 6.10 Å². The van der Waals surface area contributed by atoms with E-state index in [0.717, 1.165) is 25.7 Å². The molecule has 0 saturated carbocycles. The monoisotopic (exact) mass is 250 g/mol. The van der Waals surface area contributed by atoms with Crippen LogP contribution in [0.15, 0.2) is 23.8 Å². The number of rotatable bonds is 3. The zero-order valence-electron chi connectivity index (χ0n) is 11.2. The summed E-state index contributed by atoms with van der Waals surface area (Å²) in [5, 5.41) is 9.38. The number of esters is 1. The highest BCUT2D eigenvalue weighted by Crippen LogP contribution is 2.38. The zero-order chi connectivity index (χ0) is 13.3. The van der Waals surface area contributed by atoms with Crippen molar-refractivity contribution < 1.29 is 14.6 Å². The van der Waals surface area contributed by atoms with E-state index in [2.05, 4.69) is 19.6 Å². The highest BCUT2D eigenvalue weighted by Gasteiger charge is 2.39. The maximum absolute atomic E-state index is 11.5. The summed E-state index contributed by atoms with van der Waals surface area (Å²) >= 11 is 0. The molecule has 100 valence electrons. The van der Waals surface area contributed by atoms with Gasteiger partial charge in [0.2, 0.25) is 0 Å². The Morgan fingerprint density at radius 3 is 2.94 bits per heavy atom. The van der Waals surface area contributed by atoms with Crippen molar-refractivity contribution in [1.82, 2.24) is 0 Å². The third kappa shape index (κ3) is 2.66. The fourth-order valence-corrected chi connectivity index (χ4v) is 2.82. The molecule has 0 aromatic rings. The Balaban J connectivity index is 2.13. The van der Waals surface area contributed by atoms with Crippen molar-refractivity contribution in [2.45, 2.75) is 51.7 Å². The number of ether oxygens (including phenoxy) is 1. The Hall–Kier alpha value is -1.09. The molecule has 3 nitrogen and oxygen atoms in total. The summed E-state index contributed by atoms with van der Waals surface area (Å²) in [5.41, 5.74) is 1.94. The number of fused-ring (bicyclic) bond motifs is 1. The lowest BCUT2D eigenvalue weighted by molar-refractivity contribution is -0.137. The molecule has 3 heteroatoms. The Morgan fingerprint density at radius 1 is 1.56 bits per heavy atom. The normalized spacial score (nSPS) is 33.5. The van der Waals surface area contributed by atoms with Gasteiger partial charge in [-0.15, -0.1) is 0 Å². The lowest BCUT2D eigenvalue weighted by Gasteiger charge is -2.15. The van der Waals surface area contributed by atoms with Crippen molar-refractivity contribution in [3.8, 4) is 0 Å². The summed E-state index contributed by atoms with van der Waals surface area (Å²) in [7, 11) is 0. The van der Waals surface area contributed by atoms with Gasteiger partial charge >= 0.3 is 5.97 Å². The van der Waals surface area contributed by atoms with Crippen LogP contribution in [0.25, 0.3) is 0 Å². The number of aliphatic hydroxyl groups is 1. The molecule has 0 bridgehead atoms. The van der Waals surface area contributed by atoms with Crippen LogP contribution in [-0.4, -0.2) is 23.3 Å². The molecule has 0 spiro atoms. The molecular formula is C15H22O3. The molecule has 1 aliphatic heterocycles. The molecule has 2 aliphatic rings. The van der Waals surface area contributed by atoms with Gasteiger partial charge in [-0.25, -0.2) is 4.79 Å². The number of carbonyl (C=O) groups excluding carboxylic acids is 1. The van der Waals surface area contributed by atoms with Gasteiger partial charge in [0, 0.05) is 11.5 Å². The van der Waals surface area contributed by atoms with E-state index < -0.39 is 0 Å². The number of allylic oxidation sites excluding steroid dienone is 1. The smallest absolute Gasteiger partial charge is 0.334 e. The van der Waals surface area contributed by atoms with E-state index in [-0.39, 0.29) is 24.1 Å². The van der Waals surface area contributed by atoms with Crippen LogP contribution in [0, 0.1) is 11.8 Å². The first kappa shape index (κ1) is 13.3. The number of carbonyl (C=O) groups is 1. The quantitative estimate of drug-likeness (QED) is 0.476. The largest absolute Gasteiger partial charge is 0.454 e. The van der Waals surface area contributed by atoms with Crippen LogP contribution in [0.1, 0.15) is 39.5 Å². The minimum atomic E-state index is -0.279. The van der Waals surface area contributed by atoms with Crippen molar-refractivity contribution in [3.05, 3.63) is 23.8 Å². The molecule has 1 fully saturated rings. The lowest BCUT2D eigenvalue weighted by Crippen LogP contribution is -2.12. The van der Waals surface area contributed by atoms with Crippen molar-refractivity contribution in [3.63, 3.8) is 0 Å². The molecule has 0 aromatic carbocycles. The van der Waals surface area contributed by atoms with Gasteiger partial charge in [0.05, 0.1) is 6.10 Å². The second-order valence-corrected chi connectivity index (χ2v) is 5.61. The zero-order valence-corrected chi connectivity index (χ0v) is 11.2. The first-order valence-corrected chi connectivity index (χ1v) is 6.77. The van der Waals surface area contributed by atoms with Crippen LogP contribution in [0.3, 0.4) is 0 Å². The minimum Gasteiger partial charge on any atom is -0.454 e.